The Morgan fingerprint density at radius 1 is 1.05 bits per heavy atom. The Kier molecular flexibility index (Phi) is 7.09. The van der Waals surface area contributed by atoms with Crippen molar-refractivity contribution in [1.29, 1.82) is 0 Å². The third kappa shape index (κ3) is 4.70. The van der Waals surface area contributed by atoms with Crippen molar-refractivity contribution in [1.82, 2.24) is 13.7 Å². The van der Waals surface area contributed by atoms with E-state index in [1.807, 2.05) is 22.6 Å². The summed E-state index contributed by atoms with van der Waals surface area (Å²) in [6.07, 6.45) is 0. The van der Waals surface area contributed by atoms with Crippen molar-refractivity contribution in [3.8, 4) is 5.69 Å². The maximum absolute atomic E-state index is 14.8. The van der Waals surface area contributed by atoms with Crippen LogP contribution in [0.4, 0.5) is 21.6 Å². The molecule has 192 valence electrons. The minimum Gasteiger partial charge on any atom is -0.338 e. The highest BCUT2D eigenvalue weighted by atomic mass is 127. The van der Waals surface area contributed by atoms with Gasteiger partial charge in [-0.1, -0.05) is 6.07 Å². The number of halogens is 2. The summed E-state index contributed by atoms with van der Waals surface area (Å²) in [5, 5.41) is 5.65. The molecule has 4 aromatic rings. The average molecular weight is 617 g/mol. The molecule has 4 rings (SSSR count). The maximum atomic E-state index is 14.8. The molecule has 2 aromatic heterocycles. The molecule has 0 radical (unpaired) electrons. The second-order valence-electron chi connectivity index (χ2n) is 8.93. The van der Waals surface area contributed by atoms with Crippen molar-refractivity contribution in [2.75, 3.05) is 10.6 Å². The second-order valence-corrected chi connectivity index (χ2v) is 10.2. The van der Waals surface area contributed by atoms with E-state index < -0.39 is 28.7 Å². The smallest absolute Gasteiger partial charge is 0.336 e. The Morgan fingerprint density at radius 3 is 2.38 bits per heavy atom. The summed E-state index contributed by atoms with van der Waals surface area (Å²) < 4.78 is 19.1. The first kappa shape index (κ1) is 26.3. The first-order valence-corrected chi connectivity index (χ1v) is 12.5. The zero-order chi connectivity index (χ0) is 27.2. The van der Waals surface area contributed by atoms with E-state index in [1.165, 1.54) is 42.2 Å². The molecule has 0 aliphatic rings. The molecule has 0 atom stereocenters. The van der Waals surface area contributed by atoms with Crippen LogP contribution in [0.5, 0.6) is 0 Å². The van der Waals surface area contributed by atoms with E-state index in [0.29, 0.717) is 14.9 Å². The van der Waals surface area contributed by atoms with E-state index in [0.717, 1.165) is 4.57 Å². The first-order chi connectivity index (χ1) is 17.4. The zero-order valence-corrected chi connectivity index (χ0v) is 23.0. The number of rotatable bonds is 5. The molecule has 0 bridgehead atoms. The van der Waals surface area contributed by atoms with E-state index in [4.69, 9.17) is 0 Å². The van der Waals surface area contributed by atoms with Crippen molar-refractivity contribution < 1.29 is 9.18 Å². The van der Waals surface area contributed by atoms with Crippen molar-refractivity contribution in [2.24, 2.45) is 7.05 Å². The molecule has 2 heterocycles. The number of hydrogen-bond acceptors (Lipinski definition) is 5. The lowest BCUT2D eigenvalue weighted by molar-refractivity contribution is -0.114. The Hall–Kier alpha value is -3.74. The molecule has 11 heteroatoms. The van der Waals surface area contributed by atoms with Crippen LogP contribution >= 0.6 is 22.6 Å². The van der Waals surface area contributed by atoms with E-state index in [1.54, 1.807) is 44.2 Å². The van der Waals surface area contributed by atoms with Crippen LogP contribution in [0.1, 0.15) is 32.4 Å². The van der Waals surface area contributed by atoms with Gasteiger partial charge in [-0.2, -0.15) is 0 Å². The van der Waals surface area contributed by atoms with Crippen LogP contribution in [0.2, 0.25) is 0 Å². The molecule has 0 aliphatic heterocycles. The lowest BCUT2D eigenvalue weighted by Crippen LogP contribution is -2.42. The Morgan fingerprint density at radius 2 is 1.76 bits per heavy atom. The molecule has 2 N–H and O–H groups in total. The Labute approximate surface area is 224 Å². The minimum atomic E-state index is -0.643. The monoisotopic (exact) mass is 617 g/mol. The van der Waals surface area contributed by atoms with E-state index in [-0.39, 0.29) is 33.9 Å². The third-order valence-electron chi connectivity index (χ3n) is 5.97. The van der Waals surface area contributed by atoms with Gasteiger partial charge in [0.25, 0.3) is 11.1 Å². The average Bonchev–Trinajstić information content (AvgIpc) is 2.81. The fourth-order valence-corrected chi connectivity index (χ4v) is 4.75. The predicted molar refractivity (Wildman–Crippen MR) is 151 cm³/mol. The highest BCUT2D eigenvalue weighted by Crippen LogP contribution is 2.28. The van der Waals surface area contributed by atoms with Crippen molar-refractivity contribution in [2.45, 2.75) is 33.7 Å². The van der Waals surface area contributed by atoms with Crippen molar-refractivity contribution >= 4 is 56.6 Å². The zero-order valence-electron chi connectivity index (χ0n) is 20.8. The number of amides is 1. The van der Waals surface area contributed by atoms with Crippen LogP contribution in [-0.2, 0) is 11.8 Å². The molecular weight excluding hydrogens is 592 g/mol. The predicted octanol–water partition coefficient (Wildman–Crippen LogP) is 4.19. The molecule has 0 fully saturated rings. The lowest BCUT2D eigenvalue weighted by atomic mass is 10.1. The molecule has 1 amide bonds. The topological polar surface area (TPSA) is 107 Å². The number of nitrogens with zero attached hydrogens (tertiary/aromatic N) is 3. The second kappa shape index (κ2) is 9.96. The van der Waals surface area contributed by atoms with E-state index in [2.05, 4.69) is 10.6 Å². The molecule has 0 saturated heterocycles. The van der Waals surface area contributed by atoms with Gasteiger partial charge in [0.05, 0.1) is 16.9 Å². The van der Waals surface area contributed by atoms with Crippen molar-refractivity contribution in [3.05, 3.63) is 88.6 Å². The number of anilines is 3. The molecule has 2 aromatic carbocycles. The summed E-state index contributed by atoms with van der Waals surface area (Å²) >= 11 is 1.98. The van der Waals surface area contributed by atoms with Gasteiger partial charge in [0.15, 0.2) is 0 Å². The summed E-state index contributed by atoms with van der Waals surface area (Å²) in [4.78, 5) is 52.5. The maximum Gasteiger partial charge on any atom is 0.336 e. The summed E-state index contributed by atoms with van der Waals surface area (Å²) in [6, 6.07) is 10.6. The fourth-order valence-electron chi connectivity index (χ4n) is 4.30. The van der Waals surface area contributed by atoms with Gasteiger partial charge in [-0.05, 0) is 79.8 Å². The molecule has 0 spiro atoms. The Bertz CT molecular complexity index is 1750. The number of aryl methyl sites for hydroxylation is 1. The SMILES string of the molecule is CC(=O)Nc1cccc(-n2c(=O)n(C(C)C)c(=O)c3c(Nc4ccc(I)cc4F)n(C)c(=O)c(C)c32)c1. The van der Waals surface area contributed by atoms with Gasteiger partial charge in [0.1, 0.15) is 17.0 Å². The normalized spacial score (nSPS) is 11.2. The Balaban J connectivity index is 2.19. The van der Waals surface area contributed by atoms with Gasteiger partial charge in [-0.25, -0.2) is 9.18 Å². The molecule has 37 heavy (non-hydrogen) atoms. The van der Waals surface area contributed by atoms with Gasteiger partial charge in [-0.3, -0.25) is 28.1 Å². The summed E-state index contributed by atoms with van der Waals surface area (Å²) in [5.74, 6) is -0.803. The van der Waals surface area contributed by atoms with Crippen LogP contribution in [0, 0.1) is 16.3 Å². The molecule has 9 nitrogen and oxygen atoms in total. The van der Waals surface area contributed by atoms with Gasteiger partial charge in [-0.15, -0.1) is 0 Å². The molecule has 0 saturated carbocycles. The quantitative estimate of drug-likeness (QED) is 0.327. The number of carbonyl (C=O) groups is 1. The highest BCUT2D eigenvalue weighted by molar-refractivity contribution is 14.1. The number of benzene rings is 2. The fraction of sp³-hybridized carbons (Fsp3) is 0.231. The first-order valence-electron chi connectivity index (χ1n) is 11.4. The number of nitrogens with one attached hydrogen (secondary N) is 2. The van der Waals surface area contributed by atoms with Crippen LogP contribution in [0.25, 0.3) is 16.6 Å². The summed E-state index contributed by atoms with van der Waals surface area (Å²) in [5.41, 5.74) is -0.599. The van der Waals surface area contributed by atoms with Gasteiger partial charge in [0.2, 0.25) is 5.91 Å². The lowest BCUT2D eigenvalue weighted by Gasteiger charge is -2.22. The van der Waals surface area contributed by atoms with E-state index >= 15 is 0 Å². The third-order valence-corrected chi connectivity index (χ3v) is 6.64. The van der Waals surface area contributed by atoms with Crippen LogP contribution in [0.15, 0.2) is 56.8 Å². The largest absolute Gasteiger partial charge is 0.338 e. The number of hydrogen-bond donors (Lipinski definition) is 2. The van der Waals surface area contributed by atoms with Crippen LogP contribution in [-0.4, -0.2) is 19.6 Å². The molecular formula is C26H25FIN5O4. The number of pyridine rings is 1. The standard InChI is InChI=1S/C26H25FIN5O4/c1-13(2)32-25(36)21-22(33(26(32)37)18-8-6-7-17(12-18)29-15(4)34)14(3)24(35)31(5)23(21)30-20-10-9-16(28)11-19(20)27/h6-13,30H,1-5H3,(H,29,34). The van der Waals surface area contributed by atoms with Gasteiger partial charge >= 0.3 is 5.69 Å². The summed E-state index contributed by atoms with van der Waals surface area (Å²) in [7, 11) is 1.48. The number of fused-ring (bicyclic) bond motifs is 1. The van der Waals surface area contributed by atoms with Crippen LogP contribution < -0.4 is 27.4 Å². The van der Waals surface area contributed by atoms with Crippen LogP contribution in [0.3, 0.4) is 0 Å². The van der Waals surface area contributed by atoms with Gasteiger partial charge in [0, 0.05) is 34.8 Å². The van der Waals surface area contributed by atoms with E-state index in [9.17, 15) is 23.6 Å². The number of aromatic nitrogens is 3. The van der Waals surface area contributed by atoms with Gasteiger partial charge < -0.3 is 10.6 Å². The van der Waals surface area contributed by atoms with Crippen molar-refractivity contribution in [3.63, 3.8) is 0 Å². The highest BCUT2D eigenvalue weighted by Gasteiger charge is 2.24. The minimum absolute atomic E-state index is 0.0516. The summed E-state index contributed by atoms with van der Waals surface area (Å²) in [6.45, 7) is 6.30. The molecule has 0 unspecified atom stereocenters. The number of carbonyl (C=O) groups excluding carboxylic acids is 1. The molecule has 0 aliphatic carbocycles.